The van der Waals surface area contributed by atoms with Gasteiger partial charge in [0, 0.05) is 11.8 Å². The third-order valence-electron chi connectivity index (χ3n) is 1.31. The second-order valence-corrected chi connectivity index (χ2v) is 5.58. The molecule has 0 saturated carbocycles. The minimum Gasteiger partial charge on any atom is -0.290 e. The summed E-state index contributed by atoms with van der Waals surface area (Å²) in [6, 6.07) is 0. The number of carbonyl (C=O) groups is 1. The van der Waals surface area contributed by atoms with Gasteiger partial charge in [0.1, 0.15) is 0 Å². The minimum atomic E-state index is -3.11. The fourth-order valence-electron chi connectivity index (χ4n) is 0.724. The monoisotopic (exact) mass is 208 g/mol. The van der Waals surface area contributed by atoms with Crippen LogP contribution in [0.2, 0.25) is 0 Å². The molecule has 0 bridgehead atoms. The molecule has 0 aromatic rings. The summed E-state index contributed by atoms with van der Waals surface area (Å²) >= 11 is 0. The SMILES string of the molecule is CC(C)=C(CS(C)(=O)=O)C(=O)P. The first-order chi connectivity index (χ1) is 5.24. The van der Waals surface area contributed by atoms with Gasteiger partial charge < -0.3 is 0 Å². The van der Waals surface area contributed by atoms with Crippen LogP contribution in [-0.4, -0.2) is 26.0 Å². The molecule has 1 atom stereocenters. The van der Waals surface area contributed by atoms with E-state index < -0.39 is 9.84 Å². The first-order valence-electron chi connectivity index (χ1n) is 3.38. The van der Waals surface area contributed by atoms with E-state index in [2.05, 4.69) is 0 Å². The van der Waals surface area contributed by atoms with Gasteiger partial charge in [-0.15, -0.1) is 0 Å². The van der Waals surface area contributed by atoms with Crippen LogP contribution in [0, 0.1) is 0 Å². The van der Waals surface area contributed by atoms with Gasteiger partial charge in [-0.2, -0.15) is 0 Å². The molecule has 3 nitrogen and oxygen atoms in total. The topological polar surface area (TPSA) is 51.2 Å². The third kappa shape index (κ3) is 4.62. The maximum Gasteiger partial charge on any atom is 0.175 e. The van der Waals surface area contributed by atoms with Gasteiger partial charge >= 0.3 is 0 Å². The molecule has 0 amide bonds. The van der Waals surface area contributed by atoms with E-state index in [0.29, 0.717) is 5.57 Å². The van der Waals surface area contributed by atoms with Crippen LogP contribution >= 0.6 is 9.24 Å². The Labute approximate surface area is 75.4 Å². The summed E-state index contributed by atoms with van der Waals surface area (Å²) < 4.78 is 21.7. The fourth-order valence-corrected chi connectivity index (χ4v) is 2.22. The zero-order valence-corrected chi connectivity index (χ0v) is 9.39. The van der Waals surface area contributed by atoms with Crippen molar-refractivity contribution in [1.29, 1.82) is 0 Å². The van der Waals surface area contributed by atoms with Crippen LogP contribution in [0.25, 0.3) is 0 Å². The average Bonchev–Trinajstić information content (AvgIpc) is 1.79. The van der Waals surface area contributed by atoms with Crippen LogP contribution in [-0.2, 0) is 14.6 Å². The van der Waals surface area contributed by atoms with Crippen LogP contribution in [0.3, 0.4) is 0 Å². The van der Waals surface area contributed by atoms with Crippen LogP contribution in [0.4, 0.5) is 0 Å². The Morgan fingerprint density at radius 1 is 1.33 bits per heavy atom. The van der Waals surface area contributed by atoms with Gasteiger partial charge in [0.05, 0.1) is 5.75 Å². The number of allylic oxidation sites excluding steroid dienone is 1. The molecule has 70 valence electrons. The quantitative estimate of drug-likeness (QED) is 0.508. The van der Waals surface area contributed by atoms with E-state index in [4.69, 9.17) is 0 Å². The Morgan fingerprint density at radius 2 is 1.75 bits per heavy atom. The largest absolute Gasteiger partial charge is 0.290 e. The second kappa shape index (κ2) is 4.15. The zero-order chi connectivity index (χ0) is 9.94. The molecule has 0 aliphatic rings. The van der Waals surface area contributed by atoms with Crippen molar-refractivity contribution in [3.63, 3.8) is 0 Å². The first-order valence-corrected chi connectivity index (χ1v) is 6.01. The van der Waals surface area contributed by atoms with E-state index in [0.717, 1.165) is 11.8 Å². The molecule has 0 aliphatic carbocycles. The molecule has 0 rings (SSSR count). The summed E-state index contributed by atoms with van der Waals surface area (Å²) in [4.78, 5) is 10.9. The molecular formula is C7H13O3PS. The average molecular weight is 208 g/mol. The normalized spacial score (nSPS) is 11.0. The Bertz CT molecular complexity index is 310. The highest BCUT2D eigenvalue weighted by molar-refractivity contribution is 7.90. The summed E-state index contributed by atoms with van der Waals surface area (Å²) in [6.45, 7) is 3.45. The van der Waals surface area contributed by atoms with Gasteiger partial charge in [0.15, 0.2) is 15.4 Å². The van der Waals surface area contributed by atoms with Gasteiger partial charge in [0.25, 0.3) is 0 Å². The third-order valence-corrected chi connectivity index (χ3v) is 2.47. The molecule has 0 spiro atoms. The summed E-state index contributed by atoms with van der Waals surface area (Å²) in [5, 5.41) is 0. The van der Waals surface area contributed by atoms with E-state index in [9.17, 15) is 13.2 Å². The Hall–Kier alpha value is -0.210. The molecule has 0 aliphatic heterocycles. The molecule has 0 saturated heterocycles. The number of rotatable bonds is 3. The molecule has 1 unspecified atom stereocenters. The molecule has 0 fully saturated rings. The Balaban J connectivity index is 4.85. The summed E-state index contributed by atoms with van der Waals surface area (Å²) in [6.07, 6.45) is 1.11. The van der Waals surface area contributed by atoms with E-state index in [1.165, 1.54) is 0 Å². The Morgan fingerprint density at radius 3 is 1.83 bits per heavy atom. The smallest absolute Gasteiger partial charge is 0.175 e. The number of hydrogen-bond donors (Lipinski definition) is 0. The van der Waals surface area contributed by atoms with Crippen molar-refractivity contribution in [3.05, 3.63) is 11.1 Å². The van der Waals surface area contributed by atoms with Crippen LogP contribution < -0.4 is 0 Å². The highest BCUT2D eigenvalue weighted by Crippen LogP contribution is 2.11. The zero-order valence-electron chi connectivity index (χ0n) is 7.42. The maximum atomic E-state index is 10.9. The van der Waals surface area contributed by atoms with E-state index in [-0.39, 0.29) is 11.3 Å². The lowest BCUT2D eigenvalue weighted by atomic mass is 10.2. The van der Waals surface area contributed by atoms with E-state index >= 15 is 0 Å². The highest BCUT2D eigenvalue weighted by atomic mass is 32.2. The van der Waals surface area contributed by atoms with Gasteiger partial charge in [-0.3, -0.25) is 4.79 Å². The van der Waals surface area contributed by atoms with Gasteiger partial charge in [-0.25, -0.2) is 8.42 Å². The van der Waals surface area contributed by atoms with Crippen LogP contribution in [0.15, 0.2) is 11.1 Å². The highest BCUT2D eigenvalue weighted by Gasteiger charge is 2.12. The summed E-state index contributed by atoms with van der Waals surface area (Å²) in [5.74, 6) is -0.169. The molecule has 12 heavy (non-hydrogen) atoms. The number of carbonyl (C=O) groups excluding carboxylic acids is 1. The predicted molar refractivity (Wildman–Crippen MR) is 52.8 cm³/mol. The first kappa shape index (κ1) is 11.8. The van der Waals surface area contributed by atoms with Crippen molar-refractivity contribution in [3.8, 4) is 0 Å². The molecule has 0 N–H and O–H groups in total. The van der Waals surface area contributed by atoms with E-state index in [1.54, 1.807) is 13.8 Å². The number of hydrogen-bond acceptors (Lipinski definition) is 3. The van der Waals surface area contributed by atoms with Crippen molar-refractivity contribution in [2.45, 2.75) is 13.8 Å². The lowest BCUT2D eigenvalue weighted by Gasteiger charge is -2.03. The van der Waals surface area contributed by atoms with Gasteiger partial charge in [-0.05, 0) is 13.8 Å². The predicted octanol–water partition coefficient (Wildman–Crippen LogP) is 0.769. The summed E-state index contributed by atoms with van der Waals surface area (Å²) in [7, 11) is -1.12. The lowest BCUT2D eigenvalue weighted by Crippen LogP contribution is -2.11. The van der Waals surface area contributed by atoms with Gasteiger partial charge in [0.2, 0.25) is 0 Å². The summed E-state index contributed by atoms with van der Waals surface area (Å²) in [5.41, 5.74) is 0.864. The molecular weight excluding hydrogens is 195 g/mol. The van der Waals surface area contributed by atoms with Gasteiger partial charge in [-0.1, -0.05) is 14.8 Å². The van der Waals surface area contributed by atoms with E-state index in [1.807, 2.05) is 9.24 Å². The Kier molecular flexibility index (Phi) is 4.08. The number of sulfone groups is 1. The lowest BCUT2D eigenvalue weighted by molar-refractivity contribution is -0.107. The molecule has 0 radical (unpaired) electrons. The molecule has 0 aromatic carbocycles. The molecule has 0 aromatic heterocycles. The minimum absolute atomic E-state index is 0.169. The molecule has 0 heterocycles. The van der Waals surface area contributed by atoms with Crippen molar-refractivity contribution in [2.75, 3.05) is 12.0 Å². The van der Waals surface area contributed by atoms with Crippen molar-refractivity contribution < 1.29 is 13.2 Å². The van der Waals surface area contributed by atoms with Crippen molar-refractivity contribution in [2.24, 2.45) is 0 Å². The maximum absolute atomic E-state index is 10.9. The van der Waals surface area contributed by atoms with Crippen molar-refractivity contribution in [1.82, 2.24) is 0 Å². The fraction of sp³-hybridized carbons (Fsp3) is 0.571. The van der Waals surface area contributed by atoms with Crippen molar-refractivity contribution >= 4 is 24.6 Å². The van der Waals surface area contributed by atoms with Crippen LogP contribution in [0.5, 0.6) is 0 Å². The molecule has 5 heteroatoms. The van der Waals surface area contributed by atoms with Crippen LogP contribution in [0.1, 0.15) is 13.8 Å². The second-order valence-electron chi connectivity index (χ2n) is 2.91. The standard InChI is InChI=1S/C7H13O3PS/c1-5(2)6(7(8)11)4-12(3,9)10/h4,11H2,1-3H3.